The highest BCUT2D eigenvalue weighted by Gasteiger charge is 2.53. The van der Waals surface area contributed by atoms with Gasteiger partial charge in [0.2, 0.25) is 0 Å². The summed E-state index contributed by atoms with van der Waals surface area (Å²) in [6.45, 7) is 13.1. The fraction of sp³-hybridized carbons (Fsp3) is 0.750. The molecular formula is C24H37N2O3S+. The van der Waals surface area contributed by atoms with Gasteiger partial charge >= 0.3 is 5.97 Å². The smallest absolute Gasteiger partial charge is 0.341 e. The molecule has 2 bridgehead atoms. The van der Waals surface area contributed by atoms with E-state index in [2.05, 4.69) is 33.0 Å². The number of thiophene rings is 1. The number of ether oxygens (including phenoxy) is 1. The Hall–Kier alpha value is -1.40. The minimum absolute atomic E-state index is 0.0242. The number of esters is 1. The summed E-state index contributed by atoms with van der Waals surface area (Å²) in [5.41, 5.74) is 2.41. The molecule has 0 radical (unpaired) electrons. The Morgan fingerprint density at radius 3 is 2.77 bits per heavy atom. The van der Waals surface area contributed by atoms with E-state index >= 15 is 0 Å². The van der Waals surface area contributed by atoms with Gasteiger partial charge in [-0.2, -0.15) is 0 Å². The van der Waals surface area contributed by atoms with Gasteiger partial charge in [0.15, 0.2) is 6.54 Å². The van der Waals surface area contributed by atoms with Gasteiger partial charge in [-0.3, -0.25) is 4.79 Å². The van der Waals surface area contributed by atoms with Crippen molar-refractivity contribution in [3.8, 4) is 0 Å². The summed E-state index contributed by atoms with van der Waals surface area (Å²) in [7, 11) is 0. The summed E-state index contributed by atoms with van der Waals surface area (Å²) in [4.78, 5) is 28.4. The Morgan fingerprint density at radius 1 is 1.27 bits per heavy atom. The average Bonchev–Trinajstić information content (AvgIpc) is 3.07. The minimum atomic E-state index is -0.293. The predicted molar refractivity (Wildman–Crippen MR) is 120 cm³/mol. The summed E-state index contributed by atoms with van der Waals surface area (Å²) >= 11 is 1.58. The Balaban J connectivity index is 1.50. The molecular weight excluding hydrogens is 396 g/mol. The molecule has 2 fully saturated rings. The normalized spacial score (nSPS) is 31.8. The summed E-state index contributed by atoms with van der Waals surface area (Å²) in [6.07, 6.45) is 6.60. The molecule has 6 heteroatoms. The van der Waals surface area contributed by atoms with Crippen LogP contribution in [0.2, 0.25) is 0 Å². The third kappa shape index (κ3) is 4.31. The number of rotatable bonds is 5. The molecule has 166 valence electrons. The largest absolute Gasteiger partial charge is 0.462 e. The van der Waals surface area contributed by atoms with Gasteiger partial charge in [0, 0.05) is 23.1 Å². The molecule has 1 aromatic rings. The van der Waals surface area contributed by atoms with Crippen LogP contribution in [0.15, 0.2) is 0 Å². The van der Waals surface area contributed by atoms with E-state index < -0.39 is 0 Å². The maximum Gasteiger partial charge on any atom is 0.341 e. The molecule has 4 atom stereocenters. The van der Waals surface area contributed by atoms with E-state index in [1.54, 1.807) is 11.3 Å². The van der Waals surface area contributed by atoms with E-state index in [-0.39, 0.29) is 11.9 Å². The lowest BCUT2D eigenvalue weighted by molar-refractivity contribution is -0.906. The van der Waals surface area contributed by atoms with Crippen molar-refractivity contribution in [3.63, 3.8) is 0 Å². The van der Waals surface area contributed by atoms with E-state index in [0.29, 0.717) is 46.5 Å². The first kappa shape index (κ1) is 21.8. The highest BCUT2D eigenvalue weighted by atomic mass is 32.1. The van der Waals surface area contributed by atoms with Gasteiger partial charge in [-0.25, -0.2) is 4.79 Å². The molecule has 1 amide bonds. The van der Waals surface area contributed by atoms with E-state index in [1.165, 1.54) is 29.0 Å². The van der Waals surface area contributed by atoms with Crippen LogP contribution in [0.3, 0.4) is 0 Å². The SMILES string of the molecule is CCOC(=O)c1c(NC(=O)C[NH+]2CC3(C)CC2CC(C)(C)C3)sc2c1CCC(C)C2. The van der Waals surface area contributed by atoms with Gasteiger partial charge in [0.05, 0.1) is 24.8 Å². The van der Waals surface area contributed by atoms with Gasteiger partial charge < -0.3 is 15.0 Å². The summed E-state index contributed by atoms with van der Waals surface area (Å²) < 4.78 is 5.34. The van der Waals surface area contributed by atoms with Gasteiger partial charge in [-0.15, -0.1) is 11.3 Å². The van der Waals surface area contributed by atoms with Gasteiger partial charge in [-0.05, 0) is 49.5 Å². The maximum atomic E-state index is 13.1. The fourth-order valence-electron chi connectivity index (χ4n) is 6.59. The molecule has 2 aliphatic carbocycles. The first-order chi connectivity index (χ1) is 14.1. The van der Waals surface area contributed by atoms with Gasteiger partial charge in [0.1, 0.15) is 5.00 Å². The summed E-state index contributed by atoms with van der Waals surface area (Å²) in [5, 5.41) is 3.82. The third-order valence-electron chi connectivity index (χ3n) is 7.31. The van der Waals surface area contributed by atoms with Crippen LogP contribution in [0.1, 0.15) is 81.1 Å². The number of fused-ring (bicyclic) bond motifs is 3. The average molecular weight is 434 g/mol. The molecule has 4 rings (SSSR count). The topological polar surface area (TPSA) is 59.8 Å². The lowest BCUT2D eigenvalue weighted by Gasteiger charge is -2.37. The molecule has 4 unspecified atom stereocenters. The molecule has 1 saturated heterocycles. The number of carbonyl (C=O) groups excluding carboxylic acids is 2. The number of hydrogen-bond donors (Lipinski definition) is 2. The summed E-state index contributed by atoms with van der Waals surface area (Å²) in [6, 6.07) is 0.561. The van der Waals surface area contributed by atoms with E-state index in [4.69, 9.17) is 4.74 Å². The predicted octanol–water partition coefficient (Wildman–Crippen LogP) is 3.47. The standard InChI is InChI=1S/C24H36N2O3S/c1-6-29-22(28)20-17-8-7-15(2)9-18(17)30-21(20)25-19(27)12-26-14-24(5)11-16(26)10-23(3,4)13-24/h15-16H,6-14H2,1-5H3,(H,25,27)/p+1. The zero-order valence-electron chi connectivity index (χ0n) is 19.2. The second kappa shape index (κ2) is 7.94. The second-order valence-corrected chi connectivity index (χ2v) is 12.2. The number of amides is 1. The van der Waals surface area contributed by atoms with Crippen LogP contribution in [0, 0.1) is 16.7 Å². The molecule has 1 aromatic heterocycles. The summed E-state index contributed by atoms with van der Waals surface area (Å²) in [5.74, 6) is 0.349. The van der Waals surface area contributed by atoms with Crippen LogP contribution in [0.25, 0.3) is 0 Å². The van der Waals surface area contributed by atoms with Crippen molar-refractivity contribution in [1.29, 1.82) is 0 Å². The number of nitrogens with one attached hydrogen (secondary N) is 2. The van der Waals surface area contributed by atoms with Crippen molar-refractivity contribution in [1.82, 2.24) is 0 Å². The van der Waals surface area contributed by atoms with Crippen LogP contribution in [-0.4, -0.2) is 37.6 Å². The molecule has 0 spiro atoms. The lowest BCUT2D eigenvalue weighted by atomic mass is 9.65. The molecule has 1 saturated carbocycles. The van der Waals surface area contributed by atoms with E-state index in [0.717, 1.165) is 31.4 Å². The number of likely N-dealkylation sites (tertiary alicyclic amines) is 1. The molecule has 5 nitrogen and oxygen atoms in total. The number of anilines is 1. The Kier molecular flexibility index (Phi) is 5.77. The van der Waals surface area contributed by atoms with Crippen LogP contribution in [-0.2, 0) is 22.4 Å². The van der Waals surface area contributed by atoms with Crippen molar-refractivity contribution < 1.29 is 19.2 Å². The van der Waals surface area contributed by atoms with E-state index in [1.807, 2.05) is 6.92 Å². The van der Waals surface area contributed by atoms with Crippen molar-refractivity contribution in [2.24, 2.45) is 16.7 Å². The molecule has 30 heavy (non-hydrogen) atoms. The molecule has 0 aromatic carbocycles. The Morgan fingerprint density at radius 2 is 2.03 bits per heavy atom. The Bertz CT molecular complexity index is 846. The maximum absolute atomic E-state index is 13.1. The highest BCUT2D eigenvalue weighted by Crippen LogP contribution is 2.47. The minimum Gasteiger partial charge on any atom is -0.462 e. The van der Waals surface area contributed by atoms with Crippen molar-refractivity contribution in [2.75, 3.05) is 25.0 Å². The van der Waals surface area contributed by atoms with Crippen molar-refractivity contribution in [2.45, 2.75) is 79.2 Å². The Labute approximate surface area is 184 Å². The van der Waals surface area contributed by atoms with Gasteiger partial charge in [-0.1, -0.05) is 27.7 Å². The monoisotopic (exact) mass is 433 g/mol. The zero-order chi connectivity index (χ0) is 21.7. The quantitative estimate of drug-likeness (QED) is 0.699. The molecule has 2 N–H and O–H groups in total. The lowest BCUT2D eigenvalue weighted by Crippen LogP contribution is -3.15. The molecule has 2 heterocycles. The van der Waals surface area contributed by atoms with Crippen molar-refractivity contribution in [3.05, 3.63) is 16.0 Å². The van der Waals surface area contributed by atoms with Crippen LogP contribution < -0.4 is 10.2 Å². The van der Waals surface area contributed by atoms with Crippen LogP contribution in [0.4, 0.5) is 5.00 Å². The number of quaternary nitrogens is 1. The molecule has 3 aliphatic rings. The van der Waals surface area contributed by atoms with Crippen LogP contribution >= 0.6 is 11.3 Å². The second-order valence-electron chi connectivity index (χ2n) is 11.1. The molecule has 1 aliphatic heterocycles. The third-order valence-corrected chi connectivity index (χ3v) is 8.48. The number of hydrogen-bond acceptors (Lipinski definition) is 4. The fourth-order valence-corrected chi connectivity index (χ4v) is 8.01. The highest BCUT2D eigenvalue weighted by molar-refractivity contribution is 7.17. The first-order valence-corrected chi connectivity index (χ1v) is 12.4. The number of carbonyl (C=O) groups is 2. The van der Waals surface area contributed by atoms with Gasteiger partial charge in [0.25, 0.3) is 5.91 Å². The first-order valence-electron chi connectivity index (χ1n) is 11.6. The van der Waals surface area contributed by atoms with Crippen LogP contribution in [0.5, 0.6) is 0 Å². The zero-order valence-corrected chi connectivity index (χ0v) is 20.0. The van der Waals surface area contributed by atoms with Crippen molar-refractivity contribution >= 4 is 28.2 Å². The van der Waals surface area contributed by atoms with E-state index in [9.17, 15) is 9.59 Å².